The van der Waals surface area contributed by atoms with Crippen LogP contribution in [0.1, 0.15) is 41.7 Å². The Labute approximate surface area is 113 Å². The second kappa shape index (κ2) is 6.02. The van der Waals surface area contributed by atoms with Crippen LogP contribution in [0.4, 0.5) is 5.69 Å². The monoisotopic (exact) mass is 263 g/mol. The molecule has 1 heterocycles. The maximum absolute atomic E-state index is 12.3. The first kappa shape index (κ1) is 13.8. The van der Waals surface area contributed by atoms with E-state index in [9.17, 15) is 9.90 Å². The van der Waals surface area contributed by atoms with Crippen LogP contribution >= 0.6 is 0 Å². The van der Waals surface area contributed by atoms with Crippen molar-refractivity contribution in [3.63, 3.8) is 0 Å². The third-order valence-electron chi connectivity index (χ3n) is 3.81. The number of pyridine rings is 1. The molecular formula is C14H21N3O2. The molecule has 1 aliphatic carbocycles. The molecule has 0 aromatic carbocycles. The third-order valence-corrected chi connectivity index (χ3v) is 3.81. The molecule has 0 radical (unpaired) electrons. The Balaban J connectivity index is 2.09. The van der Waals surface area contributed by atoms with Crippen LogP contribution in [0, 0.1) is 12.8 Å². The fourth-order valence-corrected chi connectivity index (χ4v) is 2.64. The second-order valence-electron chi connectivity index (χ2n) is 5.21. The van der Waals surface area contributed by atoms with Crippen molar-refractivity contribution < 1.29 is 9.90 Å². The lowest BCUT2D eigenvalue weighted by Crippen LogP contribution is -2.43. The number of rotatable bonds is 3. The van der Waals surface area contributed by atoms with E-state index in [4.69, 9.17) is 5.73 Å². The molecule has 5 nitrogen and oxygen atoms in total. The summed E-state index contributed by atoms with van der Waals surface area (Å²) >= 11 is 0. The van der Waals surface area contributed by atoms with E-state index in [1.807, 2.05) is 0 Å². The zero-order chi connectivity index (χ0) is 13.8. The molecule has 19 heavy (non-hydrogen) atoms. The highest BCUT2D eigenvalue weighted by Gasteiger charge is 2.26. The van der Waals surface area contributed by atoms with Gasteiger partial charge in [-0.15, -0.1) is 0 Å². The Bertz CT molecular complexity index is 462. The molecule has 1 aromatic heterocycles. The van der Waals surface area contributed by atoms with Crippen LogP contribution in [0.3, 0.4) is 0 Å². The normalized spacial score (nSPS) is 23.1. The average Bonchev–Trinajstić information content (AvgIpc) is 2.42. The standard InChI is InChI=1S/C14H21N3O2/c1-9-12(6-11(15)7-16-9)14(19)17-13-5-3-2-4-10(13)8-18/h6-7,10,13,18H,2-5,8,15H2,1H3,(H,17,19). The number of amides is 1. The summed E-state index contributed by atoms with van der Waals surface area (Å²) in [4.78, 5) is 16.4. The highest BCUT2D eigenvalue weighted by molar-refractivity contribution is 5.96. The lowest BCUT2D eigenvalue weighted by atomic mass is 9.85. The number of carbonyl (C=O) groups excluding carboxylic acids is 1. The number of nitrogens with zero attached hydrogens (tertiary/aromatic N) is 1. The fraction of sp³-hybridized carbons (Fsp3) is 0.571. The van der Waals surface area contributed by atoms with Crippen LogP contribution < -0.4 is 11.1 Å². The molecule has 2 rings (SSSR count). The van der Waals surface area contributed by atoms with Gasteiger partial charge in [0.05, 0.1) is 23.1 Å². The number of nitrogens with two attached hydrogens (primary N) is 1. The Morgan fingerprint density at radius 3 is 3.00 bits per heavy atom. The van der Waals surface area contributed by atoms with Crippen LogP contribution in [-0.4, -0.2) is 28.6 Å². The van der Waals surface area contributed by atoms with Crippen LogP contribution in [0.15, 0.2) is 12.3 Å². The van der Waals surface area contributed by atoms with Gasteiger partial charge >= 0.3 is 0 Å². The first-order valence-corrected chi connectivity index (χ1v) is 6.75. The smallest absolute Gasteiger partial charge is 0.253 e. The van der Waals surface area contributed by atoms with Crippen molar-refractivity contribution >= 4 is 11.6 Å². The number of hydrogen-bond donors (Lipinski definition) is 3. The van der Waals surface area contributed by atoms with Gasteiger partial charge in [-0.25, -0.2) is 0 Å². The summed E-state index contributed by atoms with van der Waals surface area (Å²) in [6.45, 7) is 1.91. The van der Waals surface area contributed by atoms with E-state index < -0.39 is 0 Å². The molecule has 0 bridgehead atoms. The molecule has 0 saturated heterocycles. The molecule has 2 unspecified atom stereocenters. The first-order chi connectivity index (χ1) is 9.11. The quantitative estimate of drug-likeness (QED) is 0.766. The summed E-state index contributed by atoms with van der Waals surface area (Å²) in [5.74, 6) is 0.00896. The molecule has 1 saturated carbocycles. The Morgan fingerprint density at radius 2 is 2.26 bits per heavy atom. The van der Waals surface area contributed by atoms with E-state index in [-0.39, 0.29) is 24.5 Å². The van der Waals surface area contributed by atoms with E-state index in [1.165, 1.54) is 0 Å². The van der Waals surface area contributed by atoms with E-state index in [2.05, 4.69) is 10.3 Å². The Kier molecular flexibility index (Phi) is 4.37. The Hall–Kier alpha value is -1.62. The zero-order valence-electron chi connectivity index (χ0n) is 11.2. The lowest BCUT2D eigenvalue weighted by Gasteiger charge is -2.31. The number of anilines is 1. The molecule has 1 aliphatic rings. The predicted molar refractivity (Wildman–Crippen MR) is 73.7 cm³/mol. The molecule has 5 heteroatoms. The van der Waals surface area contributed by atoms with Gasteiger partial charge in [0.1, 0.15) is 0 Å². The summed E-state index contributed by atoms with van der Waals surface area (Å²) in [5.41, 5.74) is 7.34. The SMILES string of the molecule is Cc1ncc(N)cc1C(=O)NC1CCCCC1CO. The molecule has 104 valence electrons. The predicted octanol–water partition coefficient (Wildman–Crippen LogP) is 1.25. The number of aromatic nitrogens is 1. The minimum atomic E-state index is -0.150. The maximum atomic E-state index is 12.3. The summed E-state index contributed by atoms with van der Waals surface area (Å²) in [5, 5.41) is 12.4. The molecule has 0 aliphatic heterocycles. The molecule has 4 N–H and O–H groups in total. The van der Waals surface area contributed by atoms with Crippen molar-refractivity contribution in [3.05, 3.63) is 23.5 Å². The summed E-state index contributed by atoms with van der Waals surface area (Å²) in [6, 6.07) is 1.70. The minimum Gasteiger partial charge on any atom is -0.397 e. The largest absolute Gasteiger partial charge is 0.397 e. The third kappa shape index (κ3) is 3.23. The number of nitrogens with one attached hydrogen (secondary N) is 1. The highest BCUT2D eigenvalue weighted by atomic mass is 16.3. The van der Waals surface area contributed by atoms with E-state index in [0.717, 1.165) is 25.7 Å². The maximum Gasteiger partial charge on any atom is 0.253 e. The number of hydrogen-bond acceptors (Lipinski definition) is 4. The number of nitrogen functional groups attached to an aromatic ring is 1. The van der Waals surface area contributed by atoms with Gasteiger partial charge in [0, 0.05) is 18.6 Å². The van der Waals surface area contributed by atoms with E-state index in [0.29, 0.717) is 16.9 Å². The van der Waals surface area contributed by atoms with Crippen molar-refractivity contribution in [2.24, 2.45) is 5.92 Å². The average molecular weight is 263 g/mol. The number of aryl methyl sites for hydroxylation is 1. The van der Waals surface area contributed by atoms with E-state index in [1.54, 1.807) is 19.2 Å². The van der Waals surface area contributed by atoms with Gasteiger partial charge < -0.3 is 16.2 Å². The summed E-state index contributed by atoms with van der Waals surface area (Å²) < 4.78 is 0. The van der Waals surface area contributed by atoms with Crippen molar-refractivity contribution in [1.29, 1.82) is 0 Å². The fourth-order valence-electron chi connectivity index (χ4n) is 2.64. The van der Waals surface area contributed by atoms with Gasteiger partial charge in [-0.05, 0) is 25.8 Å². The van der Waals surface area contributed by atoms with Crippen LogP contribution in [-0.2, 0) is 0 Å². The van der Waals surface area contributed by atoms with Gasteiger partial charge in [-0.2, -0.15) is 0 Å². The number of carbonyl (C=O) groups is 1. The first-order valence-electron chi connectivity index (χ1n) is 6.75. The topological polar surface area (TPSA) is 88.2 Å². The molecule has 1 fully saturated rings. The zero-order valence-corrected chi connectivity index (χ0v) is 11.2. The molecule has 0 spiro atoms. The van der Waals surface area contributed by atoms with Crippen molar-refractivity contribution in [3.8, 4) is 0 Å². The Morgan fingerprint density at radius 1 is 1.53 bits per heavy atom. The van der Waals surface area contributed by atoms with Crippen molar-refractivity contribution in [2.45, 2.75) is 38.6 Å². The number of aliphatic hydroxyl groups is 1. The van der Waals surface area contributed by atoms with Gasteiger partial charge in [0.15, 0.2) is 0 Å². The van der Waals surface area contributed by atoms with Gasteiger partial charge in [-0.3, -0.25) is 9.78 Å². The van der Waals surface area contributed by atoms with Crippen LogP contribution in [0.25, 0.3) is 0 Å². The minimum absolute atomic E-state index is 0.0482. The summed E-state index contributed by atoms with van der Waals surface area (Å²) in [7, 11) is 0. The molecule has 1 aromatic rings. The number of aliphatic hydroxyl groups excluding tert-OH is 1. The van der Waals surface area contributed by atoms with Crippen molar-refractivity contribution in [2.75, 3.05) is 12.3 Å². The lowest BCUT2D eigenvalue weighted by molar-refractivity contribution is 0.0871. The second-order valence-corrected chi connectivity index (χ2v) is 5.21. The van der Waals surface area contributed by atoms with Crippen LogP contribution in [0.5, 0.6) is 0 Å². The van der Waals surface area contributed by atoms with Gasteiger partial charge in [0.2, 0.25) is 0 Å². The van der Waals surface area contributed by atoms with E-state index >= 15 is 0 Å². The van der Waals surface area contributed by atoms with Crippen LogP contribution in [0.2, 0.25) is 0 Å². The van der Waals surface area contributed by atoms with Gasteiger partial charge in [-0.1, -0.05) is 12.8 Å². The highest BCUT2D eigenvalue weighted by Crippen LogP contribution is 2.24. The molecular weight excluding hydrogens is 242 g/mol. The van der Waals surface area contributed by atoms with Gasteiger partial charge in [0.25, 0.3) is 5.91 Å². The molecule has 2 atom stereocenters. The summed E-state index contributed by atoms with van der Waals surface area (Å²) in [6.07, 6.45) is 5.65. The van der Waals surface area contributed by atoms with Crippen molar-refractivity contribution in [1.82, 2.24) is 10.3 Å². The molecule has 1 amide bonds.